The number of esters is 1. The van der Waals surface area contributed by atoms with Crippen molar-refractivity contribution >= 4 is 11.9 Å². The van der Waals surface area contributed by atoms with Crippen LogP contribution in [0.2, 0.25) is 0 Å². The van der Waals surface area contributed by atoms with E-state index >= 15 is 0 Å². The van der Waals surface area contributed by atoms with E-state index in [2.05, 4.69) is 25.0 Å². The van der Waals surface area contributed by atoms with Gasteiger partial charge in [0.1, 0.15) is 5.82 Å². The summed E-state index contributed by atoms with van der Waals surface area (Å²) in [5.74, 6) is -0.187. The maximum absolute atomic E-state index is 12.0. The number of aromatic nitrogens is 3. The summed E-state index contributed by atoms with van der Waals surface area (Å²) >= 11 is 0. The Bertz CT molecular complexity index is 1050. The van der Waals surface area contributed by atoms with E-state index in [1.54, 1.807) is 24.5 Å². The monoisotopic (exact) mass is 392 g/mol. The maximum Gasteiger partial charge on any atom is 0.306 e. The van der Waals surface area contributed by atoms with Gasteiger partial charge >= 0.3 is 5.97 Å². The van der Waals surface area contributed by atoms with Crippen molar-refractivity contribution in [2.75, 3.05) is 7.11 Å². The van der Waals surface area contributed by atoms with Gasteiger partial charge in [0.25, 0.3) is 5.56 Å². The number of aromatic amines is 1. The molecule has 1 aromatic carbocycles. The quantitative estimate of drug-likeness (QED) is 0.595. The molecule has 8 heteroatoms. The first-order chi connectivity index (χ1) is 14.0. The lowest BCUT2D eigenvalue weighted by Crippen LogP contribution is -2.23. The van der Waals surface area contributed by atoms with Crippen molar-refractivity contribution in [1.29, 1.82) is 0 Å². The average molecular weight is 392 g/mol. The van der Waals surface area contributed by atoms with Gasteiger partial charge in [0.2, 0.25) is 5.91 Å². The highest BCUT2D eigenvalue weighted by molar-refractivity contribution is 5.81. The molecule has 0 radical (unpaired) electrons. The summed E-state index contributed by atoms with van der Waals surface area (Å²) in [6.45, 7) is 0.335. The van der Waals surface area contributed by atoms with Crippen LogP contribution in [0.15, 0.2) is 59.7 Å². The van der Waals surface area contributed by atoms with E-state index in [1.807, 2.05) is 24.3 Å². The molecular formula is C21H20N4O4. The van der Waals surface area contributed by atoms with Gasteiger partial charge < -0.3 is 15.0 Å². The van der Waals surface area contributed by atoms with Gasteiger partial charge in [-0.25, -0.2) is 4.98 Å². The number of rotatable bonds is 7. The summed E-state index contributed by atoms with van der Waals surface area (Å²) in [5.41, 5.74) is 2.75. The van der Waals surface area contributed by atoms with Crippen molar-refractivity contribution in [1.82, 2.24) is 20.3 Å². The summed E-state index contributed by atoms with van der Waals surface area (Å²) in [7, 11) is 1.29. The van der Waals surface area contributed by atoms with Gasteiger partial charge in [0, 0.05) is 42.6 Å². The highest BCUT2D eigenvalue weighted by Crippen LogP contribution is 2.19. The predicted molar refractivity (Wildman–Crippen MR) is 107 cm³/mol. The number of methoxy groups -OCH3 is 1. The predicted octanol–water partition coefficient (Wildman–Crippen LogP) is 2.07. The SMILES string of the molecule is COC(=O)CCC(=O)NCc1ccc(-c2nc(-c3ccncc3)cc(=O)[nH]2)cc1. The molecule has 2 heterocycles. The standard InChI is InChI=1S/C21H20N4O4/c1-29-20(28)7-6-18(26)23-13-14-2-4-16(5-3-14)21-24-17(12-19(27)25-21)15-8-10-22-11-9-15/h2-5,8-12H,6-7,13H2,1H3,(H,23,26)(H,24,25,27). The summed E-state index contributed by atoms with van der Waals surface area (Å²) in [6.07, 6.45) is 3.42. The number of amides is 1. The summed E-state index contributed by atoms with van der Waals surface area (Å²) in [4.78, 5) is 46.1. The van der Waals surface area contributed by atoms with Gasteiger partial charge in [-0.1, -0.05) is 24.3 Å². The first-order valence-electron chi connectivity index (χ1n) is 9.00. The van der Waals surface area contributed by atoms with Crippen LogP contribution in [0, 0.1) is 0 Å². The average Bonchev–Trinajstić information content (AvgIpc) is 2.76. The van der Waals surface area contributed by atoms with Gasteiger partial charge in [0.05, 0.1) is 19.2 Å². The molecule has 0 saturated carbocycles. The molecule has 3 rings (SSSR count). The lowest BCUT2D eigenvalue weighted by atomic mass is 10.1. The molecule has 29 heavy (non-hydrogen) atoms. The Kier molecular flexibility index (Phi) is 6.47. The maximum atomic E-state index is 12.0. The zero-order valence-corrected chi connectivity index (χ0v) is 15.8. The fraction of sp³-hybridized carbons (Fsp3) is 0.190. The lowest BCUT2D eigenvalue weighted by molar-refractivity contribution is -0.142. The van der Waals surface area contributed by atoms with Crippen LogP contribution in [0.5, 0.6) is 0 Å². The second-order valence-electron chi connectivity index (χ2n) is 6.26. The van der Waals surface area contributed by atoms with E-state index in [1.165, 1.54) is 13.2 Å². The van der Waals surface area contributed by atoms with Gasteiger partial charge in [-0.15, -0.1) is 0 Å². The lowest BCUT2D eigenvalue weighted by Gasteiger charge is -2.07. The largest absolute Gasteiger partial charge is 0.469 e. The van der Waals surface area contributed by atoms with Crippen molar-refractivity contribution < 1.29 is 14.3 Å². The molecule has 0 aliphatic carbocycles. The molecule has 0 spiro atoms. The zero-order chi connectivity index (χ0) is 20.6. The van der Waals surface area contributed by atoms with E-state index in [-0.39, 0.29) is 24.3 Å². The molecule has 0 saturated heterocycles. The first-order valence-corrected chi connectivity index (χ1v) is 9.00. The van der Waals surface area contributed by atoms with Crippen LogP contribution in [-0.4, -0.2) is 33.9 Å². The third-order valence-electron chi connectivity index (χ3n) is 4.22. The van der Waals surface area contributed by atoms with E-state index < -0.39 is 5.97 Å². The Labute approximate surface area is 167 Å². The molecule has 2 aromatic heterocycles. The Morgan fingerprint density at radius 1 is 1.03 bits per heavy atom. The van der Waals surface area contributed by atoms with E-state index in [0.29, 0.717) is 18.1 Å². The molecule has 148 valence electrons. The minimum atomic E-state index is -0.417. The second kappa shape index (κ2) is 9.41. The molecule has 0 aliphatic heterocycles. The number of carbonyl (C=O) groups is 2. The minimum Gasteiger partial charge on any atom is -0.469 e. The van der Waals surface area contributed by atoms with E-state index in [4.69, 9.17) is 0 Å². The summed E-state index contributed by atoms with van der Waals surface area (Å²) in [5, 5.41) is 2.75. The van der Waals surface area contributed by atoms with Gasteiger partial charge in [-0.05, 0) is 17.7 Å². The fourth-order valence-electron chi connectivity index (χ4n) is 2.65. The van der Waals surface area contributed by atoms with Crippen LogP contribution in [0.3, 0.4) is 0 Å². The Hall–Kier alpha value is -3.81. The minimum absolute atomic E-state index is 0.0497. The highest BCUT2D eigenvalue weighted by atomic mass is 16.5. The topological polar surface area (TPSA) is 114 Å². The van der Waals surface area contributed by atoms with E-state index in [9.17, 15) is 14.4 Å². The number of nitrogens with one attached hydrogen (secondary N) is 2. The molecule has 1 amide bonds. The number of pyridine rings is 1. The van der Waals surface area contributed by atoms with Crippen molar-refractivity contribution in [3.8, 4) is 22.6 Å². The van der Waals surface area contributed by atoms with Crippen LogP contribution in [0.25, 0.3) is 22.6 Å². The Morgan fingerprint density at radius 3 is 2.45 bits per heavy atom. The number of benzene rings is 1. The Morgan fingerprint density at radius 2 is 1.76 bits per heavy atom. The summed E-state index contributed by atoms with van der Waals surface area (Å²) < 4.78 is 4.51. The molecule has 0 unspecified atom stereocenters. The molecular weight excluding hydrogens is 372 g/mol. The molecule has 0 bridgehead atoms. The first kappa shape index (κ1) is 19.9. The Balaban J connectivity index is 1.67. The molecule has 3 aromatic rings. The molecule has 0 atom stereocenters. The van der Waals surface area contributed by atoms with Gasteiger partial charge in [-0.2, -0.15) is 0 Å². The molecule has 0 fully saturated rings. The fourth-order valence-corrected chi connectivity index (χ4v) is 2.65. The third-order valence-corrected chi connectivity index (χ3v) is 4.22. The smallest absolute Gasteiger partial charge is 0.306 e. The summed E-state index contributed by atoms with van der Waals surface area (Å²) in [6, 6.07) is 12.4. The normalized spacial score (nSPS) is 10.4. The number of H-pyrrole nitrogens is 1. The van der Waals surface area contributed by atoms with Gasteiger partial charge in [-0.3, -0.25) is 19.4 Å². The van der Waals surface area contributed by atoms with Crippen molar-refractivity contribution in [2.24, 2.45) is 0 Å². The number of carbonyl (C=O) groups excluding carboxylic acids is 2. The van der Waals surface area contributed by atoms with Crippen LogP contribution >= 0.6 is 0 Å². The van der Waals surface area contributed by atoms with Crippen molar-refractivity contribution in [2.45, 2.75) is 19.4 Å². The van der Waals surface area contributed by atoms with Crippen LogP contribution in [0.1, 0.15) is 18.4 Å². The van der Waals surface area contributed by atoms with Gasteiger partial charge in [0.15, 0.2) is 0 Å². The molecule has 8 nitrogen and oxygen atoms in total. The number of nitrogens with zero attached hydrogens (tertiary/aromatic N) is 2. The molecule has 2 N–H and O–H groups in total. The zero-order valence-electron chi connectivity index (χ0n) is 15.8. The highest BCUT2D eigenvalue weighted by Gasteiger charge is 2.08. The van der Waals surface area contributed by atoms with Crippen LogP contribution in [-0.2, 0) is 20.9 Å². The number of hydrogen-bond donors (Lipinski definition) is 2. The number of hydrogen-bond acceptors (Lipinski definition) is 6. The van der Waals surface area contributed by atoms with Crippen LogP contribution in [0.4, 0.5) is 0 Å². The van der Waals surface area contributed by atoms with Crippen molar-refractivity contribution in [3.63, 3.8) is 0 Å². The van der Waals surface area contributed by atoms with Crippen LogP contribution < -0.4 is 10.9 Å². The third kappa shape index (κ3) is 5.58. The second-order valence-corrected chi connectivity index (χ2v) is 6.26. The molecule has 0 aliphatic rings. The van der Waals surface area contributed by atoms with Crippen molar-refractivity contribution in [3.05, 3.63) is 70.8 Å². The van der Waals surface area contributed by atoms with E-state index in [0.717, 1.165) is 16.7 Å². The number of ether oxygens (including phenoxy) is 1.